The minimum Gasteiger partial charge on any atom is -0.381 e. The predicted molar refractivity (Wildman–Crippen MR) is 63.8 cm³/mol. The highest BCUT2D eigenvalue weighted by Crippen LogP contribution is 2.34. The Balaban J connectivity index is 1.81. The summed E-state index contributed by atoms with van der Waals surface area (Å²) in [4.78, 5) is 11.2. The maximum Gasteiger partial charge on any atom is 0.233 e. The molecule has 2 heterocycles. The number of hydrogen-bond donors (Lipinski definition) is 2. The number of likely N-dealkylation sites (N-methyl/N-ethyl adjacent to an activating group) is 1. The lowest BCUT2D eigenvalue weighted by Gasteiger charge is -2.43. The first-order chi connectivity index (χ1) is 8.24. The van der Waals surface area contributed by atoms with Crippen molar-refractivity contribution in [2.45, 2.75) is 37.3 Å². The van der Waals surface area contributed by atoms with E-state index in [1.54, 1.807) is 7.05 Å². The van der Waals surface area contributed by atoms with E-state index >= 15 is 0 Å². The molecule has 2 aliphatic heterocycles. The van der Waals surface area contributed by atoms with Gasteiger partial charge in [-0.25, -0.2) is 0 Å². The third-order valence-electron chi connectivity index (χ3n) is 3.73. The standard InChI is InChI=1S/C12H22N2O3/c1-13-11(15)9-14-10-2-5-17-12(8-10)3-6-16-7-4-12/h10,14H,2-9H2,1H3,(H,13,15). The van der Waals surface area contributed by atoms with Crippen molar-refractivity contribution in [3.05, 3.63) is 0 Å². The maximum atomic E-state index is 11.2. The van der Waals surface area contributed by atoms with E-state index in [9.17, 15) is 4.79 Å². The summed E-state index contributed by atoms with van der Waals surface area (Å²) in [5.74, 6) is 0.0394. The van der Waals surface area contributed by atoms with Crippen LogP contribution in [0.5, 0.6) is 0 Å². The summed E-state index contributed by atoms with van der Waals surface area (Å²) in [6, 6.07) is 0.388. The van der Waals surface area contributed by atoms with E-state index in [4.69, 9.17) is 9.47 Å². The van der Waals surface area contributed by atoms with Crippen molar-refractivity contribution in [3.8, 4) is 0 Å². The van der Waals surface area contributed by atoms with Gasteiger partial charge in [0.1, 0.15) is 0 Å². The highest BCUT2D eigenvalue weighted by atomic mass is 16.5. The van der Waals surface area contributed by atoms with E-state index in [0.717, 1.165) is 45.5 Å². The lowest BCUT2D eigenvalue weighted by molar-refractivity contribution is -0.141. The molecule has 0 aromatic rings. The van der Waals surface area contributed by atoms with Crippen LogP contribution in [0.1, 0.15) is 25.7 Å². The number of carbonyl (C=O) groups is 1. The summed E-state index contributed by atoms with van der Waals surface area (Å²) >= 11 is 0. The fourth-order valence-corrected chi connectivity index (χ4v) is 2.62. The number of carbonyl (C=O) groups excluding carboxylic acids is 1. The van der Waals surface area contributed by atoms with Crippen LogP contribution in [0.3, 0.4) is 0 Å². The molecule has 98 valence electrons. The fraction of sp³-hybridized carbons (Fsp3) is 0.917. The molecule has 1 amide bonds. The Hall–Kier alpha value is -0.650. The topological polar surface area (TPSA) is 59.6 Å². The monoisotopic (exact) mass is 242 g/mol. The summed E-state index contributed by atoms with van der Waals surface area (Å²) < 4.78 is 11.3. The minimum absolute atomic E-state index is 0.00312. The molecule has 0 aromatic heterocycles. The second-order valence-electron chi connectivity index (χ2n) is 4.89. The van der Waals surface area contributed by atoms with Gasteiger partial charge < -0.3 is 20.1 Å². The number of rotatable bonds is 3. The van der Waals surface area contributed by atoms with Crippen molar-refractivity contribution < 1.29 is 14.3 Å². The molecule has 5 heteroatoms. The summed E-state index contributed by atoms with van der Waals surface area (Å²) in [6.45, 7) is 2.77. The minimum atomic E-state index is -0.00312. The zero-order valence-corrected chi connectivity index (χ0v) is 10.5. The Morgan fingerprint density at radius 3 is 2.82 bits per heavy atom. The van der Waals surface area contributed by atoms with E-state index in [1.165, 1.54) is 0 Å². The van der Waals surface area contributed by atoms with Crippen LogP contribution in [0.4, 0.5) is 0 Å². The van der Waals surface area contributed by atoms with Crippen LogP contribution in [-0.2, 0) is 14.3 Å². The molecule has 1 unspecified atom stereocenters. The lowest BCUT2D eigenvalue weighted by atomic mass is 9.84. The molecule has 2 rings (SSSR count). The third kappa shape index (κ3) is 3.40. The zero-order chi connectivity index (χ0) is 12.1. The van der Waals surface area contributed by atoms with Crippen LogP contribution in [0.2, 0.25) is 0 Å². The van der Waals surface area contributed by atoms with Crippen molar-refractivity contribution >= 4 is 5.91 Å². The Bertz CT molecular complexity index is 259. The molecule has 0 aromatic carbocycles. The number of amides is 1. The highest BCUT2D eigenvalue weighted by Gasteiger charge is 2.38. The van der Waals surface area contributed by atoms with Crippen molar-refractivity contribution in [1.29, 1.82) is 0 Å². The fourth-order valence-electron chi connectivity index (χ4n) is 2.62. The average Bonchev–Trinajstić information content (AvgIpc) is 2.37. The average molecular weight is 242 g/mol. The van der Waals surface area contributed by atoms with Crippen LogP contribution in [-0.4, -0.2) is 51.0 Å². The van der Waals surface area contributed by atoms with E-state index in [-0.39, 0.29) is 11.5 Å². The lowest BCUT2D eigenvalue weighted by Crippen LogP contribution is -2.51. The van der Waals surface area contributed by atoms with Gasteiger partial charge in [0.05, 0.1) is 12.1 Å². The first-order valence-corrected chi connectivity index (χ1v) is 6.40. The number of ether oxygens (including phenoxy) is 2. The van der Waals surface area contributed by atoms with Crippen molar-refractivity contribution in [2.75, 3.05) is 33.4 Å². The SMILES string of the molecule is CNC(=O)CNC1CCOC2(CCOCC2)C1. The molecule has 2 saturated heterocycles. The quantitative estimate of drug-likeness (QED) is 0.734. The van der Waals surface area contributed by atoms with Gasteiger partial charge in [-0.3, -0.25) is 4.79 Å². The van der Waals surface area contributed by atoms with Crippen molar-refractivity contribution in [2.24, 2.45) is 0 Å². The van der Waals surface area contributed by atoms with Gasteiger partial charge in [-0.2, -0.15) is 0 Å². The summed E-state index contributed by atoms with van der Waals surface area (Å²) in [5.41, 5.74) is -0.00312. The molecule has 2 N–H and O–H groups in total. The molecular formula is C12H22N2O3. The van der Waals surface area contributed by atoms with Crippen LogP contribution >= 0.6 is 0 Å². The molecule has 5 nitrogen and oxygen atoms in total. The second kappa shape index (κ2) is 5.80. The van der Waals surface area contributed by atoms with Gasteiger partial charge in [0.2, 0.25) is 5.91 Å². The van der Waals surface area contributed by atoms with Crippen LogP contribution in [0.15, 0.2) is 0 Å². The highest BCUT2D eigenvalue weighted by molar-refractivity contribution is 5.77. The van der Waals surface area contributed by atoms with E-state index in [1.807, 2.05) is 0 Å². The third-order valence-corrected chi connectivity index (χ3v) is 3.73. The first kappa shape index (κ1) is 12.8. The van der Waals surface area contributed by atoms with E-state index in [0.29, 0.717) is 12.6 Å². The number of nitrogens with one attached hydrogen (secondary N) is 2. The van der Waals surface area contributed by atoms with Crippen LogP contribution < -0.4 is 10.6 Å². The molecule has 0 aliphatic carbocycles. The Morgan fingerprint density at radius 2 is 2.12 bits per heavy atom. The van der Waals surface area contributed by atoms with Gasteiger partial charge >= 0.3 is 0 Å². The molecule has 0 radical (unpaired) electrons. The molecule has 0 bridgehead atoms. The van der Waals surface area contributed by atoms with E-state index < -0.39 is 0 Å². The van der Waals surface area contributed by atoms with Gasteiger partial charge in [-0.05, 0) is 25.7 Å². The second-order valence-corrected chi connectivity index (χ2v) is 4.89. The summed E-state index contributed by atoms with van der Waals surface area (Å²) in [7, 11) is 1.66. The Kier molecular flexibility index (Phi) is 4.36. The van der Waals surface area contributed by atoms with Gasteiger partial charge in [0.25, 0.3) is 0 Å². The first-order valence-electron chi connectivity index (χ1n) is 6.40. The molecule has 2 fully saturated rings. The van der Waals surface area contributed by atoms with Crippen molar-refractivity contribution in [1.82, 2.24) is 10.6 Å². The molecule has 1 spiro atoms. The largest absolute Gasteiger partial charge is 0.381 e. The smallest absolute Gasteiger partial charge is 0.233 e. The van der Waals surface area contributed by atoms with Crippen LogP contribution in [0, 0.1) is 0 Å². The van der Waals surface area contributed by atoms with Crippen molar-refractivity contribution in [3.63, 3.8) is 0 Å². The Labute approximate surface area is 102 Å². The predicted octanol–water partition coefficient (Wildman–Crippen LogP) is 0.0502. The molecule has 2 aliphatic rings. The van der Waals surface area contributed by atoms with Gasteiger partial charge in [0.15, 0.2) is 0 Å². The van der Waals surface area contributed by atoms with Gasteiger partial charge in [-0.15, -0.1) is 0 Å². The maximum absolute atomic E-state index is 11.2. The van der Waals surface area contributed by atoms with Crippen LogP contribution in [0.25, 0.3) is 0 Å². The normalized spacial score (nSPS) is 27.9. The Morgan fingerprint density at radius 1 is 1.35 bits per heavy atom. The van der Waals surface area contributed by atoms with Gasteiger partial charge in [-0.1, -0.05) is 0 Å². The number of hydrogen-bond acceptors (Lipinski definition) is 4. The van der Waals surface area contributed by atoms with Gasteiger partial charge in [0, 0.05) is 32.9 Å². The molecule has 17 heavy (non-hydrogen) atoms. The summed E-state index contributed by atoms with van der Waals surface area (Å²) in [5, 5.41) is 5.93. The molecular weight excluding hydrogens is 220 g/mol. The summed E-state index contributed by atoms with van der Waals surface area (Å²) in [6.07, 6.45) is 3.93. The van der Waals surface area contributed by atoms with E-state index in [2.05, 4.69) is 10.6 Å². The molecule has 0 saturated carbocycles. The zero-order valence-electron chi connectivity index (χ0n) is 10.5. The molecule has 1 atom stereocenters.